The number of hydrogen-bond donors (Lipinski definition) is 3. The maximum absolute atomic E-state index is 9.31. The van der Waals surface area contributed by atoms with E-state index in [0.717, 1.165) is 36.7 Å². The summed E-state index contributed by atoms with van der Waals surface area (Å²) in [5, 5.41) is 15.9. The Morgan fingerprint density at radius 2 is 2.33 bits per heavy atom. The molecular weight excluding hydrogens is 230 g/mol. The smallest absolute Gasteiger partial charge is 0.180 e. The summed E-state index contributed by atoms with van der Waals surface area (Å²) in [4.78, 5) is 8.82. The van der Waals surface area contributed by atoms with Gasteiger partial charge in [-0.3, -0.25) is 0 Å². The van der Waals surface area contributed by atoms with E-state index < -0.39 is 0 Å². The zero-order valence-electron chi connectivity index (χ0n) is 10.3. The second-order valence-electron chi connectivity index (χ2n) is 4.63. The maximum Gasteiger partial charge on any atom is 0.180 e. The summed E-state index contributed by atoms with van der Waals surface area (Å²) in [7, 11) is 0. The monoisotopic (exact) mass is 247 g/mol. The van der Waals surface area contributed by atoms with Crippen molar-refractivity contribution in [2.75, 3.05) is 17.2 Å². The molecule has 0 radical (unpaired) electrons. The van der Waals surface area contributed by atoms with Crippen LogP contribution in [0, 0.1) is 0 Å². The highest BCUT2D eigenvalue weighted by Gasteiger charge is 2.28. The molecule has 1 aliphatic carbocycles. The largest absolute Gasteiger partial charge is 0.393 e. The Kier molecular flexibility index (Phi) is 2.79. The lowest BCUT2D eigenvalue weighted by Crippen LogP contribution is -2.39. The molecule has 0 bridgehead atoms. The fourth-order valence-electron chi connectivity index (χ4n) is 2.19. The molecule has 18 heavy (non-hydrogen) atoms. The van der Waals surface area contributed by atoms with Crippen LogP contribution in [0.15, 0.2) is 18.6 Å². The summed E-state index contributed by atoms with van der Waals surface area (Å²) in [5.74, 6) is 1.60. The number of anilines is 2. The topological polar surface area (TPSA) is 74.5 Å². The fraction of sp³-hybridized carbons (Fsp3) is 0.500. The third-order valence-electron chi connectivity index (χ3n) is 3.19. The van der Waals surface area contributed by atoms with Crippen molar-refractivity contribution < 1.29 is 5.11 Å². The van der Waals surface area contributed by atoms with E-state index in [1.807, 2.05) is 23.7 Å². The molecule has 0 atom stereocenters. The SMILES string of the molecule is CCNc1cn2ccnc2c(NC2CC(O)C2)n1. The molecule has 0 aromatic carbocycles. The zero-order chi connectivity index (χ0) is 12.5. The molecule has 3 N–H and O–H groups in total. The first-order chi connectivity index (χ1) is 8.76. The predicted octanol–water partition coefficient (Wildman–Crippen LogP) is 1.10. The van der Waals surface area contributed by atoms with Crippen LogP contribution < -0.4 is 10.6 Å². The molecule has 96 valence electrons. The number of nitrogens with zero attached hydrogens (tertiary/aromatic N) is 3. The number of aliphatic hydroxyl groups excluding tert-OH is 1. The maximum atomic E-state index is 9.31. The van der Waals surface area contributed by atoms with Gasteiger partial charge in [-0.05, 0) is 19.8 Å². The normalized spacial score (nSPS) is 22.8. The highest BCUT2D eigenvalue weighted by Crippen LogP contribution is 2.25. The van der Waals surface area contributed by atoms with Crippen molar-refractivity contribution in [3.63, 3.8) is 0 Å². The molecular formula is C12H17N5O. The van der Waals surface area contributed by atoms with E-state index in [1.54, 1.807) is 6.20 Å². The lowest BCUT2D eigenvalue weighted by Gasteiger charge is -2.32. The van der Waals surface area contributed by atoms with Gasteiger partial charge in [0.05, 0.1) is 12.3 Å². The number of hydrogen-bond acceptors (Lipinski definition) is 5. The van der Waals surface area contributed by atoms with Crippen LogP contribution in [0.5, 0.6) is 0 Å². The van der Waals surface area contributed by atoms with Crippen molar-refractivity contribution in [1.29, 1.82) is 0 Å². The average molecular weight is 247 g/mol. The Balaban J connectivity index is 1.90. The van der Waals surface area contributed by atoms with Crippen LogP contribution in [-0.2, 0) is 0 Å². The van der Waals surface area contributed by atoms with Crippen molar-refractivity contribution in [3.05, 3.63) is 18.6 Å². The van der Waals surface area contributed by atoms with Crippen LogP contribution in [0.1, 0.15) is 19.8 Å². The number of rotatable bonds is 4. The Hall–Kier alpha value is -1.82. The second kappa shape index (κ2) is 4.45. The number of nitrogens with one attached hydrogen (secondary N) is 2. The van der Waals surface area contributed by atoms with Crippen molar-refractivity contribution in [1.82, 2.24) is 14.4 Å². The lowest BCUT2D eigenvalue weighted by molar-refractivity contribution is 0.0836. The molecule has 1 aliphatic rings. The quantitative estimate of drug-likeness (QED) is 0.754. The molecule has 0 unspecified atom stereocenters. The van der Waals surface area contributed by atoms with Crippen molar-refractivity contribution >= 4 is 17.3 Å². The van der Waals surface area contributed by atoms with Crippen LogP contribution in [0.3, 0.4) is 0 Å². The molecule has 0 saturated heterocycles. The van der Waals surface area contributed by atoms with E-state index in [9.17, 15) is 5.11 Å². The van der Waals surface area contributed by atoms with Crippen LogP contribution in [0.4, 0.5) is 11.6 Å². The van der Waals surface area contributed by atoms with Gasteiger partial charge in [0.1, 0.15) is 5.82 Å². The average Bonchev–Trinajstić information content (AvgIpc) is 2.75. The van der Waals surface area contributed by atoms with Crippen molar-refractivity contribution in [2.45, 2.75) is 31.9 Å². The summed E-state index contributed by atoms with van der Waals surface area (Å²) in [6.07, 6.45) is 6.97. The molecule has 2 aromatic rings. The van der Waals surface area contributed by atoms with E-state index >= 15 is 0 Å². The molecule has 6 heteroatoms. The van der Waals surface area contributed by atoms with E-state index in [4.69, 9.17) is 0 Å². The molecule has 1 saturated carbocycles. The Morgan fingerprint density at radius 3 is 3.06 bits per heavy atom. The first kappa shape index (κ1) is 11.3. The van der Waals surface area contributed by atoms with E-state index in [1.165, 1.54) is 0 Å². The van der Waals surface area contributed by atoms with Gasteiger partial charge in [-0.1, -0.05) is 0 Å². The van der Waals surface area contributed by atoms with Gasteiger partial charge >= 0.3 is 0 Å². The second-order valence-corrected chi connectivity index (χ2v) is 4.63. The molecule has 0 spiro atoms. The Bertz CT molecular complexity index is 546. The van der Waals surface area contributed by atoms with Gasteiger partial charge in [-0.15, -0.1) is 0 Å². The lowest BCUT2D eigenvalue weighted by atomic mass is 9.89. The van der Waals surface area contributed by atoms with Gasteiger partial charge in [0.2, 0.25) is 0 Å². The predicted molar refractivity (Wildman–Crippen MR) is 69.8 cm³/mol. The Labute approximate surface area is 105 Å². The summed E-state index contributed by atoms with van der Waals surface area (Å²) >= 11 is 0. The minimum atomic E-state index is -0.171. The molecule has 3 rings (SSSR count). The molecule has 2 heterocycles. The first-order valence-electron chi connectivity index (χ1n) is 6.28. The summed E-state index contributed by atoms with van der Waals surface area (Å²) in [5.41, 5.74) is 0.818. The van der Waals surface area contributed by atoms with Gasteiger partial charge < -0.3 is 20.1 Å². The highest BCUT2D eigenvalue weighted by atomic mass is 16.3. The van der Waals surface area contributed by atoms with E-state index in [0.29, 0.717) is 6.04 Å². The van der Waals surface area contributed by atoms with E-state index in [2.05, 4.69) is 20.6 Å². The van der Waals surface area contributed by atoms with Crippen LogP contribution >= 0.6 is 0 Å². The van der Waals surface area contributed by atoms with Gasteiger partial charge in [-0.2, -0.15) is 0 Å². The number of aromatic nitrogens is 3. The van der Waals surface area contributed by atoms with Crippen LogP contribution in [-0.4, -0.2) is 38.2 Å². The molecule has 0 amide bonds. The standard InChI is InChI=1S/C12H17N5O/c1-2-13-10-7-17-4-3-14-12(17)11(16-10)15-8-5-9(18)6-8/h3-4,7-9,13,18H,2,5-6H2,1H3,(H,15,16). The third-order valence-corrected chi connectivity index (χ3v) is 3.19. The minimum Gasteiger partial charge on any atom is -0.393 e. The van der Waals surface area contributed by atoms with Gasteiger partial charge in [0, 0.05) is 25.0 Å². The fourth-order valence-corrected chi connectivity index (χ4v) is 2.19. The van der Waals surface area contributed by atoms with Gasteiger partial charge in [0.15, 0.2) is 11.5 Å². The third kappa shape index (κ3) is 1.99. The number of imidazole rings is 1. The summed E-state index contributed by atoms with van der Waals surface area (Å²) in [6.45, 7) is 2.87. The van der Waals surface area contributed by atoms with Crippen molar-refractivity contribution in [2.24, 2.45) is 0 Å². The van der Waals surface area contributed by atoms with Crippen LogP contribution in [0.25, 0.3) is 5.65 Å². The minimum absolute atomic E-state index is 0.171. The van der Waals surface area contributed by atoms with Crippen molar-refractivity contribution in [3.8, 4) is 0 Å². The number of fused-ring (bicyclic) bond motifs is 1. The van der Waals surface area contributed by atoms with Gasteiger partial charge in [0.25, 0.3) is 0 Å². The molecule has 0 aliphatic heterocycles. The molecule has 6 nitrogen and oxygen atoms in total. The molecule has 2 aromatic heterocycles. The first-order valence-corrected chi connectivity index (χ1v) is 6.28. The summed E-state index contributed by atoms with van der Waals surface area (Å²) < 4.78 is 1.95. The van der Waals surface area contributed by atoms with Crippen LogP contribution in [0.2, 0.25) is 0 Å². The summed E-state index contributed by atoms with van der Waals surface area (Å²) in [6, 6.07) is 0.296. The molecule has 1 fully saturated rings. The zero-order valence-corrected chi connectivity index (χ0v) is 10.3. The number of aliphatic hydroxyl groups is 1. The Morgan fingerprint density at radius 1 is 1.50 bits per heavy atom. The van der Waals surface area contributed by atoms with E-state index in [-0.39, 0.29) is 6.10 Å². The van der Waals surface area contributed by atoms with Gasteiger partial charge in [-0.25, -0.2) is 9.97 Å². The highest BCUT2D eigenvalue weighted by molar-refractivity contribution is 5.65.